The molecule has 2 saturated heterocycles. The molecule has 0 amide bonds. The quantitative estimate of drug-likeness (QED) is 0.561. The molecule has 2 aliphatic rings. The van der Waals surface area contributed by atoms with Crippen molar-refractivity contribution in [1.82, 2.24) is 19.5 Å². The maximum atomic E-state index is 6.35. The van der Waals surface area contributed by atoms with Crippen molar-refractivity contribution in [3.8, 4) is 0 Å². The molecular weight excluding hydrogens is 454 g/mol. The lowest BCUT2D eigenvalue weighted by atomic mass is 10.1. The van der Waals surface area contributed by atoms with Crippen molar-refractivity contribution in [2.75, 3.05) is 12.3 Å². The third kappa shape index (κ3) is 3.48. The highest BCUT2D eigenvalue weighted by Gasteiger charge is 2.56. The van der Waals surface area contributed by atoms with Crippen LogP contribution in [0.2, 0.25) is 0 Å². The Morgan fingerprint density at radius 2 is 1.93 bits per heavy atom. The van der Waals surface area contributed by atoms with Crippen LogP contribution >= 0.6 is 15.9 Å². The summed E-state index contributed by atoms with van der Waals surface area (Å²) in [4.78, 5) is 12.8. The molecule has 2 aliphatic heterocycles. The topological polar surface area (TPSA) is 107 Å². The van der Waals surface area contributed by atoms with Crippen molar-refractivity contribution < 1.29 is 18.9 Å². The maximum absolute atomic E-state index is 6.35. The number of anilines is 1. The van der Waals surface area contributed by atoms with Gasteiger partial charge in [0.25, 0.3) is 0 Å². The van der Waals surface area contributed by atoms with E-state index in [4.69, 9.17) is 24.7 Å². The number of aromatic nitrogens is 4. The predicted molar refractivity (Wildman–Crippen MR) is 111 cm³/mol. The first-order valence-electron chi connectivity index (χ1n) is 9.69. The fourth-order valence-electron chi connectivity index (χ4n) is 3.99. The van der Waals surface area contributed by atoms with E-state index in [0.717, 1.165) is 5.56 Å². The number of nitrogens with two attached hydrogens (primary N) is 1. The lowest BCUT2D eigenvalue weighted by molar-refractivity contribution is -0.202. The molecule has 0 unspecified atom stereocenters. The fourth-order valence-corrected chi connectivity index (χ4v) is 4.54. The van der Waals surface area contributed by atoms with Crippen molar-refractivity contribution >= 4 is 32.9 Å². The SMILES string of the molecule is CC1(C)O[C@@H]2[C@H](O1)[C@@H](COCc1ccccc1)O[C@H]2n1c(Br)nc2c(N)ncnc21. The predicted octanol–water partition coefficient (Wildman–Crippen LogP) is 2.81. The summed E-state index contributed by atoms with van der Waals surface area (Å²) < 4.78 is 27.0. The number of benzene rings is 1. The summed E-state index contributed by atoms with van der Waals surface area (Å²) in [7, 11) is 0. The van der Waals surface area contributed by atoms with Crippen molar-refractivity contribution in [1.29, 1.82) is 0 Å². The van der Waals surface area contributed by atoms with E-state index in [9.17, 15) is 0 Å². The van der Waals surface area contributed by atoms with Gasteiger partial charge >= 0.3 is 0 Å². The Bertz CT molecular complexity index is 1060. The van der Waals surface area contributed by atoms with E-state index in [0.29, 0.717) is 34.9 Å². The zero-order valence-corrected chi connectivity index (χ0v) is 18.2. The molecule has 0 saturated carbocycles. The van der Waals surface area contributed by atoms with Crippen LogP contribution in [0.1, 0.15) is 25.6 Å². The van der Waals surface area contributed by atoms with Crippen LogP contribution in [0.15, 0.2) is 41.4 Å². The number of ether oxygens (including phenoxy) is 4. The molecule has 9 nitrogen and oxygen atoms in total. The third-order valence-electron chi connectivity index (χ3n) is 5.24. The highest BCUT2D eigenvalue weighted by molar-refractivity contribution is 9.10. The van der Waals surface area contributed by atoms with Gasteiger partial charge in [0.1, 0.15) is 24.6 Å². The van der Waals surface area contributed by atoms with Crippen LogP contribution in [0.4, 0.5) is 5.82 Å². The first kappa shape index (κ1) is 19.8. The van der Waals surface area contributed by atoms with Gasteiger partial charge in [-0.25, -0.2) is 15.0 Å². The average molecular weight is 476 g/mol. The minimum Gasteiger partial charge on any atom is -0.382 e. The van der Waals surface area contributed by atoms with E-state index in [2.05, 4.69) is 30.9 Å². The number of hydrogen-bond donors (Lipinski definition) is 1. The van der Waals surface area contributed by atoms with Gasteiger partial charge in [0.15, 0.2) is 33.7 Å². The van der Waals surface area contributed by atoms with E-state index in [1.807, 2.05) is 48.7 Å². The van der Waals surface area contributed by atoms with Crippen molar-refractivity contribution in [2.45, 2.75) is 50.8 Å². The van der Waals surface area contributed by atoms with Gasteiger partial charge in [-0.3, -0.25) is 4.57 Å². The van der Waals surface area contributed by atoms with Crippen LogP contribution in [0.5, 0.6) is 0 Å². The van der Waals surface area contributed by atoms with Gasteiger partial charge in [-0.05, 0) is 35.3 Å². The van der Waals surface area contributed by atoms with Gasteiger partial charge in [0.2, 0.25) is 0 Å². The monoisotopic (exact) mass is 475 g/mol. The first-order chi connectivity index (χ1) is 14.4. The van der Waals surface area contributed by atoms with E-state index in [1.165, 1.54) is 6.33 Å². The molecule has 4 heterocycles. The van der Waals surface area contributed by atoms with Crippen molar-refractivity contribution in [3.05, 3.63) is 47.0 Å². The Balaban J connectivity index is 1.41. The Labute approximate surface area is 181 Å². The lowest BCUT2D eigenvalue weighted by Crippen LogP contribution is -2.32. The van der Waals surface area contributed by atoms with E-state index in [-0.39, 0.29) is 18.3 Å². The smallest absolute Gasteiger partial charge is 0.181 e. The molecule has 0 bridgehead atoms. The Hall–Kier alpha value is -2.11. The number of nitrogens with zero attached hydrogens (tertiary/aromatic N) is 4. The Morgan fingerprint density at radius 3 is 2.73 bits per heavy atom. The molecule has 2 aromatic heterocycles. The summed E-state index contributed by atoms with van der Waals surface area (Å²) in [5.41, 5.74) is 8.14. The van der Waals surface area contributed by atoms with Gasteiger partial charge in [-0.2, -0.15) is 0 Å². The number of nitrogen functional groups attached to an aromatic ring is 1. The second-order valence-electron chi connectivity index (χ2n) is 7.81. The molecule has 0 radical (unpaired) electrons. The Morgan fingerprint density at radius 1 is 1.17 bits per heavy atom. The molecule has 4 atom stereocenters. The minimum absolute atomic E-state index is 0.288. The Kier molecular flexibility index (Phi) is 4.98. The van der Waals surface area contributed by atoms with E-state index < -0.39 is 12.0 Å². The summed E-state index contributed by atoms with van der Waals surface area (Å²) in [6, 6.07) is 10.0. The standard InChI is InChI=1S/C20H22BrN5O4/c1-20(2)29-14-12(9-27-8-11-6-4-3-5-7-11)28-18(15(14)30-20)26-17-13(25-19(26)21)16(22)23-10-24-17/h3-7,10,12,14-15,18H,8-9H2,1-2H3,(H2,22,23,24)/t12-,14-,15-,18-/m1/s1. The molecule has 2 N–H and O–H groups in total. The van der Waals surface area contributed by atoms with Crippen molar-refractivity contribution in [3.63, 3.8) is 0 Å². The molecule has 2 fully saturated rings. The summed E-state index contributed by atoms with van der Waals surface area (Å²) in [5.74, 6) is -0.424. The van der Waals surface area contributed by atoms with Gasteiger partial charge in [-0.1, -0.05) is 30.3 Å². The zero-order valence-electron chi connectivity index (χ0n) is 16.6. The van der Waals surface area contributed by atoms with Crippen LogP contribution in [0.3, 0.4) is 0 Å². The van der Waals surface area contributed by atoms with Crippen LogP contribution in [0.25, 0.3) is 11.2 Å². The molecule has 10 heteroatoms. The van der Waals surface area contributed by atoms with Gasteiger partial charge in [-0.15, -0.1) is 0 Å². The molecular formula is C20H22BrN5O4. The van der Waals surface area contributed by atoms with Crippen LogP contribution in [0, 0.1) is 0 Å². The van der Waals surface area contributed by atoms with Crippen LogP contribution < -0.4 is 5.73 Å². The highest BCUT2D eigenvalue weighted by Crippen LogP contribution is 2.45. The minimum atomic E-state index is -0.730. The van der Waals surface area contributed by atoms with Crippen LogP contribution in [-0.2, 0) is 25.6 Å². The molecule has 0 spiro atoms. The molecule has 3 aromatic rings. The van der Waals surface area contributed by atoms with Gasteiger partial charge in [0.05, 0.1) is 13.2 Å². The number of fused-ring (bicyclic) bond motifs is 2. The first-order valence-corrected chi connectivity index (χ1v) is 10.5. The van der Waals surface area contributed by atoms with Crippen molar-refractivity contribution in [2.24, 2.45) is 0 Å². The zero-order chi connectivity index (χ0) is 20.9. The fraction of sp³-hybridized carbons (Fsp3) is 0.450. The average Bonchev–Trinajstić information content (AvgIpc) is 3.32. The number of rotatable bonds is 5. The number of hydrogen-bond acceptors (Lipinski definition) is 8. The summed E-state index contributed by atoms with van der Waals surface area (Å²) >= 11 is 3.50. The van der Waals surface area contributed by atoms with Gasteiger partial charge < -0.3 is 24.7 Å². The summed E-state index contributed by atoms with van der Waals surface area (Å²) in [5, 5.41) is 0. The molecule has 1 aromatic carbocycles. The normalized spacial score (nSPS) is 27.6. The summed E-state index contributed by atoms with van der Waals surface area (Å²) in [6.07, 6.45) is -0.0465. The molecule has 30 heavy (non-hydrogen) atoms. The third-order valence-corrected chi connectivity index (χ3v) is 5.80. The maximum Gasteiger partial charge on any atom is 0.181 e. The van der Waals surface area contributed by atoms with Gasteiger partial charge in [0, 0.05) is 0 Å². The highest BCUT2D eigenvalue weighted by atomic mass is 79.9. The van der Waals surface area contributed by atoms with E-state index in [1.54, 1.807) is 0 Å². The number of halogens is 1. The van der Waals surface area contributed by atoms with Crippen LogP contribution in [-0.4, -0.2) is 50.2 Å². The second-order valence-corrected chi connectivity index (χ2v) is 8.52. The largest absolute Gasteiger partial charge is 0.382 e. The lowest BCUT2D eigenvalue weighted by Gasteiger charge is -2.25. The molecule has 5 rings (SSSR count). The molecule has 0 aliphatic carbocycles. The number of imidazole rings is 1. The summed E-state index contributed by atoms with van der Waals surface area (Å²) in [6.45, 7) is 4.65. The molecule has 158 valence electrons. The second kappa shape index (κ2) is 7.54. The van der Waals surface area contributed by atoms with E-state index >= 15 is 0 Å².